The van der Waals surface area contributed by atoms with Crippen LogP contribution < -0.4 is 0 Å². The third-order valence-electron chi connectivity index (χ3n) is 2.25. The lowest BCUT2D eigenvalue weighted by atomic mass is 10.1. The van der Waals surface area contributed by atoms with Crippen molar-refractivity contribution in [3.05, 3.63) is 52.2 Å². The van der Waals surface area contributed by atoms with Crippen LogP contribution in [0.4, 0.5) is 5.69 Å². The summed E-state index contributed by atoms with van der Waals surface area (Å²) in [7, 11) is 0. The van der Waals surface area contributed by atoms with E-state index in [-0.39, 0.29) is 0 Å². The van der Waals surface area contributed by atoms with E-state index < -0.39 is 0 Å². The van der Waals surface area contributed by atoms with Crippen molar-refractivity contribution in [1.82, 2.24) is 0 Å². The fourth-order valence-corrected chi connectivity index (χ4v) is 1.93. The predicted octanol–water partition coefficient (Wildman–Crippen LogP) is 4.06. The SMILES string of the molecule is CCc1ccc(N=Cc2ccsc2)cc1. The second kappa shape index (κ2) is 4.89. The van der Waals surface area contributed by atoms with Crippen molar-refractivity contribution >= 4 is 23.2 Å². The highest BCUT2D eigenvalue weighted by atomic mass is 32.1. The molecule has 2 rings (SSSR count). The Morgan fingerprint density at radius 1 is 1.20 bits per heavy atom. The van der Waals surface area contributed by atoms with Crippen molar-refractivity contribution in [2.45, 2.75) is 13.3 Å². The predicted molar refractivity (Wildman–Crippen MR) is 67.4 cm³/mol. The summed E-state index contributed by atoms with van der Waals surface area (Å²) in [6, 6.07) is 10.4. The van der Waals surface area contributed by atoms with Gasteiger partial charge < -0.3 is 0 Å². The van der Waals surface area contributed by atoms with E-state index >= 15 is 0 Å². The Morgan fingerprint density at radius 2 is 2.00 bits per heavy atom. The van der Waals surface area contributed by atoms with Crippen LogP contribution in [0.15, 0.2) is 46.1 Å². The molecular weight excluding hydrogens is 202 g/mol. The van der Waals surface area contributed by atoms with E-state index in [1.165, 1.54) is 11.1 Å². The van der Waals surface area contributed by atoms with Gasteiger partial charge >= 0.3 is 0 Å². The van der Waals surface area contributed by atoms with Gasteiger partial charge in [0.25, 0.3) is 0 Å². The van der Waals surface area contributed by atoms with Gasteiger partial charge in [0.1, 0.15) is 0 Å². The van der Waals surface area contributed by atoms with Gasteiger partial charge in [0.15, 0.2) is 0 Å². The maximum atomic E-state index is 4.41. The molecule has 0 fully saturated rings. The molecule has 2 aromatic rings. The zero-order valence-electron chi connectivity index (χ0n) is 8.68. The monoisotopic (exact) mass is 215 g/mol. The zero-order valence-corrected chi connectivity index (χ0v) is 9.50. The second-order valence-electron chi connectivity index (χ2n) is 3.33. The molecule has 0 bridgehead atoms. The van der Waals surface area contributed by atoms with Gasteiger partial charge in [-0.15, -0.1) is 0 Å². The summed E-state index contributed by atoms with van der Waals surface area (Å²) in [6.45, 7) is 2.16. The molecule has 0 saturated carbocycles. The number of hydrogen-bond acceptors (Lipinski definition) is 2. The third-order valence-corrected chi connectivity index (χ3v) is 2.95. The lowest BCUT2D eigenvalue weighted by Crippen LogP contribution is -1.77. The van der Waals surface area contributed by atoms with Gasteiger partial charge in [-0.05, 0) is 40.9 Å². The molecule has 0 radical (unpaired) electrons. The number of rotatable bonds is 3. The second-order valence-corrected chi connectivity index (χ2v) is 4.11. The van der Waals surface area contributed by atoms with E-state index in [4.69, 9.17) is 0 Å². The van der Waals surface area contributed by atoms with Gasteiger partial charge in [0, 0.05) is 11.8 Å². The molecule has 0 N–H and O–H groups in total. The highest BCUT2D eigenvalue weighted by Crippen LogP contribution is 2.13. The molecule has 0 spiro atoms. The van der Waals surface area contributed by atoms with E-state index in [1.807, 2.05) is 6.21 Å². The highest BCUT2D eigenvalue weighted by Gasteiger charge is 1.90. The van der Waals surface area contributed by atoms with Crippen molar-refractivity contribution in [2.75, 3.05) is 0 Å². The van der Waals surface area contributed by atoms with Crippen LogP contribution in [0.5, 0.6) is 0 Å². The number of benzene rings is 1. The average Bonchev–Trinajstić information content (AvgIpc) is 2.80. The molecule has 0 amide bonds. The standard InChI is InChI=1S/C13H13NS/c1-2-11-3-5-13(6-4-11)14-9-12-7-8-15-10-12/h3-10H,2H2,1H3. The molecule has 0 unspecified atom stereocenters. The number of hydrogen-bond donors (Lipinski definition) is 0. The first-order valence-electron chi connectivity index (χ1n) is 5.03. The van der Waals surface area contributed by atoms with Gasteiger partial charge in [0.05, 0.1) is 5.69 Å². The Hall–Kier alpha value is -1.41. The normalized spacial score (nSPS) is 11.0. The van der Waals surface area contributed by atoms with Crippen molar-refractivity contribution in [1.29, 1.82) is 0 Å². The molecule has 0 atom stereocenters. The number of nitrogens with zero attached hydrogens (tertiary/aromatic N) is 1. The maximum absolute atomic E-state index is 4.41. The van der Waals surface area contributed by atoms with Crippen molar-refractivity contribution in [2.24, 2.45) is 4.99 Å². The number of aryl methyl sites for hydroxylation is 1. The molecule has 0 aliphatic carbocycles. The maximum Gasteiger partial charge on any atom is 0.0630 e. The Morgan fingerprint density at radius 3 is 2.60 bits per heavy atom. The topological polar surface area (TPSA) is 12.4 Å². The summed E-state index contributed by atoms with van der Waals surface area (Å²) in [5.41, 5.74) is 3.53. The van der Waals surface area contributed by atoms with E-state index in [2.05, 4.69) is 53.0 Å². The number of thiophene rings is 1. The average molecular weight is 215 g/mol. The fourth-order valence-electron chi connectivity index (χ4n) is 1.32. The molecule has 1 aromatic carbocycles. The van der Waals surface area contributed by atoms with Crippen LogP contribution in [0, 0.1) is 0 Å². The summed E-state index contributed by atoms with van der Waals surface area (Å²) in [6.07, 6.45) is 2.98. The minimum atomic E-state index is 1.01. The largest absolute Gasteiger partial charge is 0.256 e. The van der Waals surface area contributed by atoms with Crippen molar-refractivity contribution in [3.8, 4) is 0 Å². The van der Waals surface area contributed by atoms with E-state index in [9.17, 15) is 0 Å². The summed E-state index contributed by atoms with van der Waals surface area (Å²) in [5, 5.41) is 4.14. The minimum Gasteiger partial charge on any atom is -0.256 e. The molecule has 76 valence electrons. The molecule has 0 saturated heterocycles. The van der Waals surface area contributed by atoms with Crippen LogP contribution >= 0.6 is 11.3 Å². The molecule has 2 heteroatoms. The van der Waals surface area contributed by atoms with Crippen LogP contribution in [-0.4, -0.2) is 6.21 Å². The van der Waals surface area contributed by atoms with Gasteiger partial charge in [-0.3, -0.25) is 4.99 Å². The van der Waals surface area contributed by atoms with Gasteiger partial charge in [0.2, 0.25) is 0 Å². The molecule has 1 nitrogen and oxygen atoms in total. The van der Waals surface area contributed by atoms with Crippen molar-refractivity contribution < 1.29 is 0 Å². The minimum absolute atomic E-state index is 1.01. The lowest BCUT2D eigenvalue weighted by Gasteiger charge is -1.96. The summed E-state index contributed by atoms with van der Waals surface area (Å²) in [4.78, 5) is 4.41. The van der Waals surface area contributed by atoms with E-state index in [0.717, 1.165) is 12.1 Å². The molecule has 0 aliphatic rings. The first-order chi connectivity index (χ1) is 7.38. The van der Waals surface area contributed by atoms with Gasteiger partial charge in [-0.25, -0.2) is 0 Å². The Bertz CT molecular complexity index is 426. The van der Waals surface area contributed by atoms with Crippen LogP contribution in [0.25, 0.3) is 0 Å². The lowest BCUT2D eigenvalue weighted by molar-refractivity contribution is 1.14. The van der Waals surface area contributed by atoms with E-state index in [1.54, 1.807) is 11.3 Å². The molecule has 1 aromatic heterocycles. The summed E-state index contributed by atoms with van der Waals surface area (Å²) >= 11 is 1.69. The van der Waals surface area contributed by atoms with E-state index in [0.29, 0.717) is 0 Å². The smallest absolute Gasteiger partial charge is 0.0630 e. The van der Waals surface area contributed by atoms with Gasteiger partial charge in [-0.2, -0.15) is 11.3 Å². The van der Waals surface area contributed by atoms with Crippen LogP contribution in [0.3, 0.4) is 0 Å². The first kappa shape index (κ1) is 10.1. The van der Waals surface area contributed by atoms with Crippen LogP contribution in [0.2, 0.25) is 0 Å². The quantitative estimate of drug-likeness (QED) is 0.685. The summed E-state index contributed by atoms with van der Waals surface area (Å²) in [5.74, 6) is 0. The highest BCUT2D eigenvalue weighted by molar-refractivity contribution is 7.08. The molecular formula is C13H13NS. The third kappa shape index (κ3) is 2.77. The molecule has 0 aliphatic heterocycles. The van der Waals surface area contributed by atoms with Gasteiger partial charge in [-0.1, -0.05) is 19.1 Å². The van der Waals surface area contributed by atoms with Crippen LogP contribution in [0.1, 0.15) is 18.1 Å². The molecule has 1 heterocycles. The Labute approximate surface area is 94.1 Å². The van der Waals surface area contributed by atoms with Crippen LogP contribution in [-0.2, 0) is 6.42 Å². The van der Waals surface area contributed by atoms with Crippen molar-refractivity contribution in [3.63, 3.8) is 0 Å². The first-order valence-corrected chi connectivity index (χ1v) is 5.98. The zero-order chi connectivity index (χ0) is 10.5. The summed E-state index contributed by atoms with van der Waals surface area (Å²) < 4.78 is 0. The Balaban J connectivity index is 2.11. The Kier molecular flexibility index (Phi) is 3.30. The number of aliphatic imine (C=N–C) groups is 1. The fraction of sp³-hybridized carbons (Fsp3) is 0.154. The molecule has 15 heavy (non-hydrogen) atoms.